The Morgan fingerprint density at radius 1 is 0.974 bits per heavy atom. The summed E-state index contributed by atoms with van der Waals surface area (Å²) in [4.78, 5) is 27.6. The van der Waals surface area contributed by atoms with Gasteiger partial charge in [0.25, 0.3) is 5.91 Å². The molecule has 7 rings (SSSR count). The van der Waals surface area contributed by atoms with E-state index in [0.717, 1.165) is 85.2 Å². The third-order valence-electron chi connectivity index (χ3n) is 9.35. The Bertz CT molecular complexity index is 1410. The number of nitrogens with one attached hydrogen (secondary N) is 1. The van der Waals surface area contributed by atoms with Gasteiger partial charge in [0.1, 0.15) is 11.3 Å². The van der Waals surface area contributed by atoms with Gasteiger partial charge >= 0.3 is 0 Å². The highest BCUT2D eigenvalue weighted by Gasteiger charge is 2.51. The Hall–Kier alpha value is -3.34. The van der Waals surface area contributed by atoms with E-state index in [1.807, 2.05) is 60.8 Å². The molecule has 39 heavy (non-hydrogen) atoms. The Morgan fingerprint density at radius 2 is 1.62 bits per heavy atom. The van der Waals surface area contributed by atoms with Gasteiger partial charge in [0.05, 0.1) is 12.6 Å². The van der Waals surface area contributed by atoms with Crippen molar-refractivity contribution in [3.05, 3.63) is 75.6 Å². The highest BCUT2D eigenvalue weighted by atomic mass is 16.5. The minimum atomic E-state index is -0.188. The van der Waals surface area contributed by atoms with Gasteiger partial charge in [-0.3, -0.25) is 9.59 Å². The van der Waals surface area contributed by atoms with E-state index < -0.39 is 0 Å². The third-order valence-corrected chi connectivity index (χ3v) is 9.35. The van der Waals surface area contributed by atoms with Crippen LogP contribution in [0.5, 0.6) is 5.75 Å². The summed E-state index contributed by atoms with van der Waals surface area (Å²) < 4.78 is 7.38. The number of carbonyl (C=O) groups excluding carboxylic acids is 1. The van der Waals surface area contributed by atoms with Crippen LogP contribution in [0, 0.1) is 17.8 Å². The van der Waals surface area contributed by atoms with Gasteiger partial charge in [-0.25, -0.2) is 0 Å². The number of hydrogen-bond acceptors (Lipinski definition) is 3. The molecule has 1 heterocycles. The fraction of sp³-hybridized carbons (Fsp3) is 0.471. The molecule has 5 nitrogen and oxygen atoms in total. The number of unbranched alkanes of at least 4 members (excludes halogenated alkanes) is 2. The lowest BCUT2D eigenvalue weighted by molar-refractivity contribution is -0.0167. The van der Waals surface area contributed by atoms with E-state index in [2.05, 4.69) is 16.8 Å². The number of ether oxygens (including phenoxy) is 1. The number of methoxy groups -OCH3 is 1. The van der Waals surface area contributed by atoms with Crippen molar-refractivity contribution in [1.29, 1.82) is 0 Å². The first-order valence-corrected chi connectivity index (χ1v) is 14.8. The topological polar surface area (TPSA) is 60.3 Å². The fourth-order valence-electron chi connectivity index (χ4n) is 7.88. The molecule has 4 aliphatic rings. The number of nitrogens with zero attached hydrogens (tertiary/aromatic N) is 1. The minimum absolute atomic E-state index is 0.122. The molecule has 1 N–H and O–H groups in total. The first-order valence-electron chi connectivity index (χ1n) is 14.8. The summed E-state index contributed by atoms with van der Waals surface area (Å²) in [6.45, 7) is 2.98. The summed E-state index contributed by atoms with van der Waals surface area (Å²) in [6.07, 6.45) is 16.3. The largest absolute Gasteiger partial charge is 0.497 e. The molecule has 1 aromatic heterocycles. The first kappa shape index (κ1) is 25.9. The van der Waals surface area contributed by atoms with E-state index in [4.69, 9.17) is 4.74 Å². The number of rotatable bonds is 9. The Kier molecular flexibility index (Phi) is 7.09. The maximum Gasteiger partial charge on any atom is 0.257 e. The first-order chi connectivity index (χ1) is 18.9. The maximum absolute atomic E-state index is 13.8. The quantitative estimate of drug-likeness (QED) is 0.241. The lowest BCUT2D eigenvalue weighted by Gasteiger charge is -2.56. The molecule has 0 saturated heterocycles. The molecule has 4 saturated carbocycles. The lowest BCUT2D eigenvalue weighted by atomic mass is 9.53. The molecular weight excluding hydrogens is 484 g/mol. The van der Waals surface area contributed by atoms with Crippen LogP contribution in [0.2, 0.25) is 0 Å². The molecule has 1 amide bonds. The zero-order valence-corrected chi connectivity index (χ0v) is 23.2. The zero-order valence-electron chi connectivity index (χ0n) is 23.2. The van der Waals surface area contributed by atoms with Crippen LogP contribution in [-0.4, -0.2) is 23.1 Å². The molecule has 0 atom stereocenters. The third kappa shape index (κ3) is 5.28. The second-order valence-electron chi connectivity index (χ2n) is 12.3. The van der Waals surface area contributed by atoms with Crippen LogP contribution in [0.1, 0.15) is 86.2 Å². The average Bonchev–Trinajstić information content (AvgIpc) is 2.92. The van der Waals surface area contributed by atoms with Crippen LogP contribution in [0.15, 0.2) is 53.5 Å². The molecule has 204 valence electrons. The number of aryl methyl sites for hydroxylation is 1. The van der Waals surface area contributed by atoms with Gasteiger partial charge in [-0.15, -0.1) is 0 Å². The molecule has 4 fully saturated rings. The summed E-state index contributed by atoms with van der Waals surface area (Å²) in [5.74, 6) is 2.84. The summed E-state index contributed by atoms with van der Waals surface area (Å²) in [5, 5.41) is 4.05. The van der Waals surface area contributed by atoms with E-state index in [-0.39, 0.29) is 22.4 Å². The van der Waals surface area contributed by atoms with Crippen LogP contribution < -0.4 is 15.5 Å². The van der Waals surface area contributed by atoms with Crippen molar-refractivity contribution >= 4 is 29.0 Å². The van der Waals surface area contributed by atoms with Crippen molar-refractivity contribution in [2.24, 2.45) is 17.8 Å². The van der Waals surface area contributed by atoms with E-state index in [9.17, 15) is 9.59 Å². The Labute approximate surface area is 231 Å². The van der Waals surface area contributed by atoms with Crippen molar-refractivity contribution in [1.82, 2.24) is 9.88 Å². The van der Waals surface area contributed by atoms with Crippen LogP contribution in [0.3, 0.4) is 0 Å². The van der Waals surface area contributed by atoms with Gasteiger partial charge in [-0.1, -0.05) is 50.1 Å². The molecule has 0 radical (unpaired) electrons. The Balaban J connectivity index is 1.33. The number of pyridine rings is 1. The average molecular weight is 525 g/mol. The lowest BCUT2D eigenvalue weighted by Crippen LogP contribution is -2.60. The minimum Gasteiger partial charge on any atom is -0.497 e. The second-order valence-corrected chi connectivity index (χ2v) is 12.3. The molecule has 5 heteroatoms. The molecule has 0 aliphatic heterocycles. The molecule has 0 spiro atoms. The van der Waals surface area contributed by atoms with E-state index in [1.165, 1.54) is 19.3 Å². The Morgan fingerprint density at radius 3 is 2.26 bits per heavy atom. The van der Waals surface area contributed by atoms with Gasteiger partial charge < -0.3 is 14.6 Å². The molecule has 4 aliphatic carbocycles. The van der Waals surface area contributed by atoms with E-state index in [1.54, 1.807) is 7.11 Å². The van der Waals surface area contributed by atoms with Gasteiger partial charge in [0.2, 0.25) is 5.43 Å². The molecule has 2 aromatic carbocycles. The molecule has 4 bridgehead atoms. The summed E-state index contributed by atoms with van der Waals surface area (Å²) in [6, 6.07) is 13.9. The number of aromatic nitrogens is 1. The normalized spacial score (nSPS) is 25.4. The van der Waals surface area contributed by atoms with Crippen molar-refractivity contribution in [2.75, 3.05) is 7.11 Å². The van der Waals surface area contributed by atoms with Gasteiger partial charge in [0.15, 0.2) is 0 Å². The summed E-state index contributed by atoms with van der Waals surface area (Å²) in [7, 11) is 1.66. The van der Waals surface area contributed by atoms with Crippen LogP contribution in [0.25, 0.3) is 23.1 Å². The predicted molar refractivity (Wildman–Crippen MR) is 158 cm³/mol. The summed E-state index contributed by atoms with van der Waals surface area (Å²) in [5.41, 5.74) is 2.88. The standard InChI is InChI=1S/C34H40N2O3/c1-3-4-5-14-36-22-30(33(38)35-34-19-25-15-26(20-34)17-27(16-25)21-34)32(37)29-18-24(10-13-31(29)36)7-6-23-8-11-28(39-2)12-9-23/h6-13,18,22,25-27H,3-5,14-17,19-21H2,1-2H3,(H,35,38). The zero-order chi connectivity index (χ0) is 27.0. The number of hydrogen-bond donors (Lipinski definition) is 1. The number of carbonyl (C=O) groups is 1. The number of benzene rings is 2. The van der Waals surface area contributed by atoms with Gasteiger partial charge in [-0.05, 0) is 98.1 Å². The molecular formula is C34H40N2O3. The van der Waals surface area contributed by atoms with Gasteiger partial charge in [-0.2, -0.15) is 0 Å². The van der Waals surface area contributed by atoms with Crippen LogP contribution in [0.4, 0.5) is 0 Å². The predicted octanol–water partition coefficient (Wildman–Crippen LogP) is 7.07. The highest BCUT2D eigenvalue weighted by molar-refractivity contribution is 5.98. The smallest absolute Gasteiger partial charge is 0.257 e. The number of amides is 1. The van der Waals surface area contributed by atoms with Gasteiger partial charge in [0, 0.05) is 23.7 Å². The monoisotopic (exact) mass is 524 g/mol. The summed E-state index contributed by atoms with van der Waals surface area (Å²) >= 11 is 0. The van der Waals surface area contributed by atoms with Crippen LogP contribution in [-0.2, 0) is 6.54 Å². The fourth-order valence-corrected chi connectivity index (χ4v) is 7.88. The van der Waals surface area contributed by atoms with Crippen molar-refractivity contribution in [3.63, 3.8) is 0 Å². The SMILES string of the molecule is CCCCCn1cc(C(=O)NC23CC4CC(CC(C4)C2)C3)c(=O)c2cc(C=Cc3ccc(OC)cc3)ccc21. The number of fused-ring (bicyclic) bond motifs is 1. The van der Waals surface area contributed by atoms with Crippen molar-refractivity contribution in [3.8, 4) is 5.75 Å². The maximum atomic E-state index is 13.8. The molecule has 0 unspecified atom stereocenters. The van der Waals surface area contributed by atoms with Crippen LogP contribution >= 0.6 is 0 Å². The van der Waals surface area contributed by atoms with E-state index >= 15 is 0 Å². The second kappa shape index (κ2) is 10.7. The van der Waals surface area contributed by atoms with Crippen molar-refractivity contribution in [2.45, 2.75) is 76.8 Å². The van der Waals surface area contributed by atoms with Crippen molar-refractivity contribution < 1.29 is 9.53 Å². The molecule has 3 aromatic rings. The highest BCUT2D eigenvalue weighted by Crippen LogP contribution is 2.55. The van der Waals surface area contributed by atoms with E-state index in [0.29, 0.717) is 5.39 Å².